The maximum Gasteiger partial charge on any atom is 0.414 e. The monoisotopic (exact) mass is 332 g/mol. The van der Waals surface area contributed by atoms with Crippen LogP contribution in [0.5, 0.6) is 0 Å². The zero-order valence-electron chi connectivity index (χ0n) is 13.2. The topological polar surface area (TPSA) is 130 Å². The molecule has 9 nitrogen and oxygen atoms in total. The van der Waals surface area contributed by atoms with E-state index >= 15 is 0 Å². The van der Waals surface area contributed by atoms with Crippen molar-refractivity contribution in [2.24, 2.45) is 5.10 Å². The van der Waals surface area contributed by atoms with Gasteiger partial charge in [-0.2, -0.15) is 10.4 Å². The van der Waals surface area contributed by atoms with E-state index in [0.29, 0.717) is 11.3 Å². The number of imide groups is 1. The molecule has 9 heteroatoms. The molecule has 0 aliphatic rings. The molecule has 0 aliphatic carbocycles. The molecular weight excluding hydrogens is 316 g/mol. The van der Waals surface area contributed by atoms with Crippen molar-refractivity contribution >= 4 is 29.4 Å². The highest BCUT2D eigenvalue weighted by molar-refractivity contribution is 6.46. The average molecular weight is 332 g/mol. The van der Waals surface area contributed by atoms with Crippen LogP contribution >= 0.6 is 0 Å². The molecule has 1 aromatic carbocycles. The molecule has 1 rings (SSSR count). The number of rotatable bonds is 6. The number of esters is 1. The molecule has 24 heavy (non-hydrogen) atoms. The van der Waals surface area contributed by atoms with E-state index in [1.807, 2.05) is 5.32 Å². The molecule has 0 aromatic heterocycles. The first-order valence-electron chi connectivity index (χ1n) is 7.00. The van der Waals surface area contributed by atoms with E-state index in [1.165, 1.54) is 24.3 Å². The van der Waals surface area contributed by atoms with Crippen molar-refractivity contribution < 1.29 is 23.9 Å². The Kier molecular flexibility index (Phi) is 7.44. The summed E-state index contributed by atoms with van der Waals surface area (Å²) >= 11 is 0. The Morgan fingerprint density at radius 1 is 1.12 bits per heavy atom. The number of ether oxygens (including phenoxy) is 2. The number of nitriles is 1. The molecule has 2 amide bonds. The van der Waals surface area contributed by atoms with Crippen LogP contribution in [-0.4, -0.2) is 36.9 Å². The summed E-state index contributed by atoms with van der Waals surface area (Å²) < 4.78 is 9.37. The van der Waals surface area contributed by atoms with Gasteiger partial charge >= 0.3 is 12.1 Å². The van der Waals surface area contributed by atoms with Crippen LogP contribution in [0.25, 0.3) is 0 Å². The van der Waals surface area contributed by atoms with Gasteiger partial charge in [0.25, 0.3) is 5.91 Å². The lowest BCUT2D eigenvalue weighted by Crippen LogP contribution is -2.36. The van der Waals surface area contributed by atoms with Gasteiger partial charge in [0, 0.05) is 0 Å². The highest BCUT2D eigenvalue weighted by Gasteiger charge is 2.15. The number of anilines is 1. The average Bonchev–Trinajstić information content (AvgIpc) is 2.56. The third kappa shape index (κ3) is 5.76. The molecule has 0 atom stereocenters. The first-order valence-corrected chi connectivity index (χ1v) is 7.00. The van der Waals surface area contributed by atoms with E-state index < -0.39 is 23.7 Å². The fourth-order valence-electron chi connectivity index (χ4n) is 1.46. The Balaban J connectivity index is 2.71. The van der Waals surface area contributed by atoms with Crippen molar-refractivity contribution in [1.82, 2.24) is 5.32 Å². The smallest absolute Gasteiger partial charge is 0.414 e. The number of carbonyl (C=O) groups is 3. The number of nitrogens with zero attached hydrogens (tertiary/aromatic N) is 2. The number of nitrogens with one attached hydrogen (secondary N) is 2. The van der Waals surface area contributed by atoms with Crippen molar-refractivity contribution in [1.29, 1.82) is 5.26 Å². The SMILES string of the molecule is CCOC(=O)NC(=O)C(C#N)=NNc1ccc(C(=O)OCC)cc1. The number of alkyl carbamates (subject to hydrolysis) is 1. The van der Waals surface area contributed by atoms with Gasteiger partial charge in [0.05, 0.1) is 24.5 Å². The summed E-state index contributed by atoms with van der Waals surface area (Å²) in [5.41, 5.74) is 2.71. The largest absolute Gasteiger partial charge is 0.462 e. The van der Waals surface area contributed by atoms with Gasteiger partial charge < -0.3 is 9.47 Å². The molecule has 1 aromatic rings. The molecular formula is C15H16N4O5. The molecule has 0 fully saturated rings. The molecule has 0 spiro atoms. The van der Waals surface area contributed by atoms with E-state index in [2.05, 4.69) is 15.3 Å². The van der Waals surface area contributed by atoms with Crippen molar-refractivity contribution in [2.45, 2.75) is 13.8 Å². The van der Waals surface area contributed by atoms with Crippen LogP contribution < -0.4 is 10.7 Å². The Labute approximate surface area is 138 Å². The van der Waals surface area contributed by atoms with E-state index in [-0.39, 0.29) is 13.2 Å². The summed E-state index contributed by atoms with van der Waals surface area (Å²) in [5, 5.41) is 14.4. The number of hydrogen-bond acceptors (Lipinski definition) is 8. The third-order valence-corrected chi connectivity index (χ3v) is 2.50. The highest BCUT2D eigenvalue weighted by atomic mass is 16.5. The fourth-order valence-corrected chi connectivity index (χ4v) is 1.46. The van der Waals surface area contributed by atoms with Gasteiger partial charge in [-0.15, -0.1) is 0 Å². The van der Waals surface area contributed by atoms with Gasteiger partial charge in [-0.3, -0.25) is 15.5 Å². The molecule has 0 bridgehead atoms. The zero-order chi connectivity index (χ0) is 17.9. The van der Waals surface area contributed by atoms with Crippen molar-refractivity contribution in [2.75, 3.05) is 18.6 Å². The van der Waals surface area contributed by atoms with Crippen LogP contribution in [0.15, 0.2) is 29.4 Å². The van der Waals surface area contributed by atoms with E-state index in [4.69, 9.17) is 10.00 Å². The number of amides is 2. The van der Waals surface area contributed by atoms with Crippen LogP contribution in [0.4, 0.5) is 10.5 Å². The van der Waals surface area contributed by atoms with Gasteiger partial charge in [0.1, 0.15) is 6.07 Å². The molecule has 0 heterocycles. The lowest BCUT2D eigenvalue weighted by molar-refractivity contribution is -0.114. The summed E-state index contributed by atoms with van der Waals surface area (Å²) in [4.78, 5) is 34.3. The predicted molar refractivity (Wildman–Crippen MR) is 84.2 cm³/mol. The Hall–Kier alpha value is -3.41. The number of hydrazone groups is 1. The summed E-state index contributed by atoms with van der Waals surface area (Å²) in [6.45, 7) is 3.63. The normalized spacial score (nSPS) is 10.3. The summed E-state index contributed by atoms with van der Waals surface area (Å²) in [6.07, 6.45) is -0.968. The molecule has 126 valence electrons. The molecule has 0 saturated carbocycles. The summed E-state index contributed by atoms with van der Waals surface area (Å²) in [5.74, 6) is -1.45. The standard InChI is InChI=1S/C15H16N4O5/c1-3-23-14(21)10-5-7-11(8-6-10)18-19-12(9-16)13(20)17-15(22)24-4-2/h5-8,18H,3-4H2,1-2H3,(H,17,20,22). The van der Waals surface area contributed by atoms with E-state index in [9.17, 15) is 14.4 Å². The van der Waals surface area contributed by atoms with Gasteiger partial charge in [0.15, 0.2) is 0 Å². The van der Waals surface area contributed by atoms with Gasteiger partial charge in [-0.05, 0) is 38.1 Å². The molecule has 0 unspecified atom stereocenters. The van der Waals surface area contributed by atoms with Crippen molar-refractivity contribution in [3.8, 4) is 6.07 Å². The number of benzene rings is 1. The molecule has 0 aliphatic heterocycles. The Morgan fingerprint density at radius 3 is 2.29 bits per heavy atom. The predicted octanol–water partition coefficient (Wildman–Crippen LogP) is 1.43. The van der Waals surface area contributed by atoms with Gasteiger partial charge in [0.2, 0.25) is 5.71 Å². The molecule has 2 N–H and O–H groups in total. The van der Waals surface area contributed by atoms with E-state index in [0.717, 1.165) is 0 Å². The quantitative estimate of drug-likeness (QED) is 0.458. The second-order valence-electron chi connectivity index (χ2n) is 4.16. The minimum absolute atomic E-state index is 0.0865. The van der Waals surface area contributed by atoms with Crippen molar-refractivity contribution in [3.05, 3.63) is 29.8 Å². The van der Waals surface area contributed by atoms with Crippen LogP contribution in [0, 0.1) is 11.3 Å². The number of carbonyl (C=O) groups excluding carboxylic acids is 3. The Bertz CT molecular complexity index is 676. The number of hydrogen-bond donors (Lipinski definition) is 2. The van der Waals surface area contributed by atoms with Gasteiger partial charge in [-0.25, -0.2) is 9.59 Å². The summed E-state index contributed by atoms with van der Waals surface area (Å²) in [6, 6.07) is 7.60. The second kappa shape index (κ2) is 9.58. The van der Waals surface area contributed by atoms with Crippen molar-refractivity contribution in [3.63, 3.8) is 0 Å². The third-order valence-electron chi connectivity index (χ3n) is 2.50. The van der Waals surface area contributed by atoms with E-state index in [1.54, 1.807) is 19.9 Å². The first kappa shape index (κ1) is 18.6. The zero-order valence-corrected chi connectivity index (χ0v) is 13.2. The second-order valence-corrected chi connectivity index (χ2v) is 4.16. The molecule has 0 saturated heterocycles. The first-order chi connectivity index (χ1) is 11.5. The lowest BCUT2D eigenvalue weighted by atomic mass is 10.2. The van der Waals surface area contributed by atoms with Crippen LogP contribution in [0.1, 0.15) is 24.2 Å². The van der Waals surface area contributed by atoms with Crippen LogP contribution in [-0.2, 0) is 14.3 Å². The molecule has 0 radical (unpaired) electrons. The fraction of sp³-hybridized carbons (Fsp3) is 0.267. The van der Waals surface area contributed by atoms with Crippen LogP contribution in [0.3, 0.4) is 0 Å². The lowest BCUT2D eigenvalue weighted by Gasteiger charge is -2.05. The minimum Gasteiger partial charge on any atom is -0.462 e. The van der Waals surface area contributed by atoms with Crippen LogP contribution in [0.2, 0.25) is 0 Å². The maximum atomic E-state index is 11.6. The maximum absolute atomic E-state index is 11.6. The minimum atomic E-state index is -0.994. The Morgan fingerprint density at radius 2 is 1.75 bits per heavy atom. The van der Waals surface area contributed by atoms with Gasteiger partial charge in [-0.1, -0.05) is 0 Å². The highest BCUT2D eigenvalue weighted by Crippen LogP contribution is 2.10. The summed E-state index contributed by atoms with van der Waals surface area (Å²) in [7, 11) is 0.